The molecular weight excluding hydrogens is 347 g/mol. The van der Waals surface area contributed by atoms with Gasteiger partial charge in [0.05, 0.1) is 6.54 Å². The molecule has 0 aliphatic heterocycles. The number of thiophene rings is 1. The zero-order chi connectivity index (χ0) is 17.0. The van der Waals surface area contributed by atoms with Crippen molar-refractivity contribution < 1.29 is 9.18 Å². The number of carbonyl (C=O) groups excluding carboxylic acids is 1. The number of halogens is 2. The molecule has 1 amide bonds. The van der Waals surface area contributed by atoms with Gasteiger partial charge in [0.2, 0.25) is 5.91 Å². The number of benzene rings is 1. The molecule has 0 spiro atoms. The van der Waals surface area contributed by atoms with Gasteiger partial charge in [-0.3, -0.25) is 4.79 Å². The van der Waals surface area contributed by atoms with Crippen molar-refractivity contribution in [2.45, 2.75) is 33.4 Å². The fourth-order valence-electron chi connectivity index (χ4n) is 2.34. The highest BCUT2D eigenvalue weighted by atomic mass is 35.5. The Morgan fingerprint density at radius 2 is 1.88 bits per heavy atom. The molecule has 0 radical (unpaired) electrons. The van der Waals surface area contributed by atoms with Gasteiger partial charge in [0.1, 0.15) is 5.82 Å². The summed E-state index contributed by atoms with van der Waals surface area (Å²) in [6.45, 7) is 6.70. The van der Waals surface area contributed by atoms with Crippen LogP contribution in [0.1, 0.15) is 25.6 Å². The summed E-state index contributed by atoms with van der Waals surface area (Å²) in [6.07, 6.45) is 0. The molecule has 1 aromatic carbocycles. The lowest BCUT2D eigenvalue weighted by Crippen LogP contribution is -2.41. The summed E-state index contributed by atoms with van der Waals surface area (Å²) in [7, 11) is 0. The van der Waals surface area contributed by atoms with Crippen molar-refractivity contribution in [2.75, 3.05) is 6.54 Å². The molecule has 1 atom stereocenters. The molecule has 0 bridgehead atoms. The summed E-state index contributed by atoms with van der Waals surface area (Å²) in [4.78, 5) is 16.2. The summed E-state index contributed by atoms with van der Waals surface area (Å²) in [5.74, 6) is -0.360. The maximum absolute atomic E-state index is 13.9. The fourth-order valence-corrected chi connectivity index (χ4v) is 3.37. The molecule has 0 fully saturated rings. The van der Waals surface area contributed by atoms with Crippen molar-refractivity contribution in [2.24, 2.45) is 11.7 Å². The van der Waals surface area contributed by atoms with Crippen molar-refractivity contribution >= 4 is 29.7 Å². The van der Waals surface area contributed by atoms with Gasteiger partial charge in [-0.1, -0.05) is 25.1 Å². The molecule has 2 N–H and O–H groups in total. The number of hydrogen-bond acceptors (Lipinski definition) is 3. The molecule has 0 aliphatic carbocycles. The van der Waals surface area contributed by atoms with Crippen molar-refractivity contribution in [3.63, 3.8) is 0 Å². The highest BCUT2D eigenvalue weighted by Crippen LogP contribution is 2.31. The quantitative estimate of drug-likeness (QED) is 0.823. The van der Waals surface area contributed by atoms with E-state index in [2.05, 4.69) is 0 Å². The Morgan fingerprint density at radius 1 is 1.21 bits per heavy atom. The van der Waals surface area contributed by atoms with E-state index < -0.39 is 0 Å². The van der Waals surface area contributed by atoms with Crippen LogP contribution in [0.5, 0.6) is 0 Å². The third kappa shape index (κ3) is 4.79. The number of rotatable bonds is 6. The minimum absolute atomic E-state index is 0. The third-order valence-corrected chi connectivity index (χ3v) is 4.91. The van der Waals surface area contributed by atoms with Crippen LogP contribution in [0.4, 0.5) is 4.39 Å². The molecule has 2 aromatic rings. The lowest BCUT2D eigenvalue weighted by molar-refractivity contribution is -0.137. The number of nitrogens with zero attached hydrogens (tertiary/aromatic N) is 1. The monoisotopic (exact) mass is 370 g/mol. The molecule has 0 saturated heterocycles. The Balaban J connectivity index is 0.00000288. The van der Waals surface area contributed by atoms with Gasteiger partial charge in [0, 0.05) is 33.8 Å². The number of hydrogen-bond donors (Lipinski definition) is 1. The van der Waals surface area contributed by atoms with Crippen LogP contribution in [-0.2, 0) is 11.3 Å². The molecular formula is C18H24ClFN2OS. The molecule has 132 valence electrons. The standard InChI is InChI=1S/C18H23FN2OS.ClH/c1-12(2)21(18(22)13(3)10-20)11-14-8-9-17(23-14)15-6-4-5-7-16(15)19;/h4-9,12-13H,10-11,20H2,1-3H3;1H. The van der Waals surface area contributed by atoms with E-state index in [4.69, 9.17) is 5.73 Å². The van der Waals surface area contributed by atoms with Crippen LogP contribution in [0, 0.1) is 11.7 Å². The Kier molecular flexibility index (Phi) is 7.87. The second kappa shape index (κ2) is 9.16. The molecule has 1 unspecified atom stereocenters. The topological polar surface area (TPSA) is 46.3 Å². The molecule has 2 rings (SSSR count). The van der Waals surface area contributed by atoms with Crippen molar-refractivity contribution in [1.82, 2.24) is 4.90 Å². The smallest absolute Gasteiger partial charge is 0.227 e. The van der Waals surface area contributed by atoms with Gasteiger partial charge in [-0.15, -0.1) is 23.7 Å². The van der Waals surface area contributed by atoms with Crippen LogP contribution in [0.15, 0.2) is 36.4 Å². The molecule has 1 aromatic heterocycles. The predicted octanol–water partition coefficient (Wildman–Crippen LogP) is 4.31. The Hall–Kier alpha value is -1.43. The van der Waals surface area contributed by atoms with Crippen molar-refractivity contribution in [1.29, 1.82) is 0 Å². The summed E-state index contributed by atoms with van der Waals surface area (Å²) in [5.41, 5.74) is 6.21. The molecule has 1 heterocycles. The highest BCUT2D eigenvalue weighted by Gasteiger charge is 2.22. The molecule has 6 heteroatoms. The second-order valence-electron chi connectivity index (χ2n) is 5.94. The lowest BCUT2D eigenvalue weighted by atomic mass is 10.1. The highest BCUT2D eigenvalue weighted by molar-refractivity contribution is 7.15. The predicted molar refractivity (Wildman–Crippen MR) is 101 cm³/mol. The second-order valence-corrected chi connectivity index (χ2v) is 7.11. The summed E-state index contributed by atoms with van der Waals surface area (Å²) in [6, 6.07) is 10.7. The van der Waals surface area contributed by atoms with Gasteiger partial charge in [-0.2, -0.15) is 0 Å². The van der Waals surface area contributed by atoms with Crippen LogP contribution in [0.25, 0.3) is 10.4 Å². The van der Waals surface area contributed by atoms with Crippen molar-refractivity contribution in [3.8, 4) is 10.4 Å². The van der Waals surface area contributed by atoms with Gasteiger partial charge in [-0.25, -0.2) is 4.39 Å². The minimum Gasteiger partial charge on any atom is -0.335 e. The van der Waals surface area contributed by atoms with Gasteiger partial charge in [-0.05, 0) is 32.0 Å². The molecule has 24 heavy (non-hydrogen) atoms. The van der Waals surface area contributed by atoms with Crippen molar-refractivity contribution in [3.05, 3.63) is 47.1 Å². The van der Waals surface area contributed by atoms with E-state index in [1.807, 2.05) is 43.9 Å². The number of amides is 1. The maximum Gasteiger partial charge on any atom is 0.227 e. The zero-order valence-electron chi connectivity index (χ0n) is 14.2. The van der Waals surface area contributed by atoms with E-state index in [9.17, 15) is 9.18 Å². The minimum atomic E-state index is -0.227. The first kappa shape index (κ1) is 20.6. The third-order valence-electron chi connectivity index (χ3n) is 3.81. The first-order valence-corrected chi connectivity index (χ1v) is 8.59. The van der Waals surface area contributed by atoms with Gasteiger partial charge in [0.25, 0.3) is 0 Å². The summed E-state index contributed by atoms with van der Waals surface area (Å²) >= 11 is 1.52. The molecule has 3 nitrogen and oxygen atoms in total. The normalized spacial score (nSPS) is 11.9. The average molecular weight is 371 g/mol. The summed E-state index contributed by atoms with van der Waals surface area (Å²) < 4.78 is 13.9. The number of carbonyl (C=O) groups is 1. The average Bonchev–Trinajstić information content (AvgIpc) is 2.99. The maximum atomic E-state index is 13.9. The largest absolute Gasteiger partial charge is 0.335 e. The fraction of sp³-hybridized carbons (Fsp3) is 0.389. The Labute approximate surface area is 153 Å². The van der Waals surface area contributed by atoms with E-state index in [1.165, 1.54) is 17.4 Å². The van der Waals surface area contributed by atoms with Crippen LogP contribution < -0.4 is 5.73 Å². The van der Waals surface area contributed by atoms with E-state index in [0.29, 0.717) is 18.7 Å². The lowest BCUT2D eigenvalue weighted by Gasteiger charge is -2.28. The van der Waals surface area contributed by atoms with Crippen LogP contribution in [-0.4, -0.2) is 23.4 Å². The van der Waals surface area contributed by atoms with Gasteiger partial charge < -0.3 is 10.6 Å². The number of nitrogens with two attached hydrogens (primary N) is 1. The Morgan fingerprint density at radius 3 is 2.46 bits per heavy atom. The van der Waals surface area contributed by atoms with Gasteiger partial charge >= 0.3 is 0 Å². The van der Waals surface area contributed by atoms with E-state index in [0.717, 1.165) is 9.75 Å². The van der Waals surface area contributed by atoms with E-state index >= 15 is 0 Å². The van der Waals surface area contributed by atoms with E-state index in [1.54, 1.807) is 12.1 Å². The SMILES string of the molecule is CC(CN)C(=O)N(Cc1ccc(-c2ccccc2F)s1)C(C)C.Cl. The Bertz CT molecular complexity index is 675. The first-order chi connectivity index (χ1) is 10.9. The van der Waals surface area contributed by atoms with E-state index in [-0.39, 0.29) is 36.1 Å². The zero-order valence-corrected chi connectivity index (χ0v) is 15.8. The molecule has 0 aliphatic rings. The van der Waals surface area contributed by atoms with Gasteiger partial charge in [0.15, 0.2) is 0 Å². The van der Waals surface area contributed by atoms with Crippen LogP contribution in [0.2, 0.25) is 0 Å². The summed E-state index contributed by atoms with van der Waals surface area (Å²) in [5, 5.41) is 0. The van der Waals surface area contributed by atoms with Crippen LogP contribution >= 0.6 is 23.7 Å². The molecule has 0 saturated carbocycles. The van der Waals surface area contributed by atoms with Crippen LogP contribution in [0.3, 0.4) is 0 Å². The first-order valence-electron chi connectivity index (χ1n) is 7.78.